The first-order valence-corrected chi connectivity index (χ1v) is 12.3. The minimum absolute atomic E-state index is 0.0618. The van der Waals surface area contributed by atoms with Gasteiger partial charge in [0.25, 0.3) is 0 Å². The second-order valence-electron chi connectivity index (χ2n) is 10.0. The van der Waals surface area contributed by atoms with Crippen LogP contribution >= 0.6 is 0 Å². The second kappa shape index (κ2) is 12.8. The Kier molecular flexibility index (Phi) is 10.5. The highest BCUT2D eigenvalue weighted by Crippen LogP contribution is 2.29. The van der Waals surface area contributed by atoms with E-state index >= 15 is 0 Å². The molecule has 0 unspecified atom stereocenters. The number of benzene rings is 2. The van der Waals surface area contributed by atoms with Crippen LogP contribution in [0.2, 0.25) is 0 Å². The summed E-state index contributed by atoms with van der Waals surface area (Å²) in [4.78, 5) is 0. The number of aromatic hydroxyl groups is 1. The summed E-state index contributed by atoms with van der Waals surface area (Å²) in [6.45, 7) is 8.81. The molecule has 0 aliphatic carbocycles. The molecule has 0 aliphatic rings. The van der Waals surface area contributed by atoms with Gasteiger partial charge in [0.1, 0.15) is 5.75 Å². The molecular weight excluding hydrogens is 364 g/mol. The number of aryl methyl sites for hydroxylation is 1. The fourth-order valence-electron chi connectivity index (χ4n) is 4.04. The fraction of sp³-hybridized carbons (Fsp3) is 0.586. The van der Waals surface area contributed by atoms with E-state index in [0.29, 0.717) is 5.75 Å². The Morgan fingerprint density at radius 2 is 1.20 bits per heavy atom. The van der Waals surface area contributed by atoms with Crippen LogP contribution in [-0.4, -0.2) is 5.11 Å². The highest BCUT2D eigenvalue weighted by Gasteiger charge is 2.15. The molecule has 1 heteroatoms. The summed E-state index contributed by atoms with van der Waals surface area (Å²) < 4.78 is 0. The van der Waals surface area contributed by atoms with Crippen molar-refractivity contribution in [1.29, 1.82) is 0 Å². The number of phenolic OH excluding ortho intramolecular Hbond substituents is 1. The van der Waals surface area contributed by atoms with Crippen molar-refractivity contribution < 1.29 is 5.11 Å². The highest BCUT2D eigenvalue weighted by atomic mass is 16.3. The Labute approximate surface area is 185 Å². The van der Waals surface area contributed by atoms with Gasteiger partial charge in [0.05, 0.1) is 0 Å². The molecule has 0 saturated heterocycles. The standard InChI is InChI=1S/C29H44O/c1-5-6-7-8-9-10-11-12-13-14-15-24-16-18-25(19-17-24)22-26-20-21-27(23-28(26)30)29(2,3)4/h16-21,23,30H,5-15,22H2,1-4H3. The zero-order valence-corrected chi connectivity index (χ0v) is 20.0. The van der Waals surface area contributed by atoms with Crippen LogP contribution in [0.25, 0.3) is 0 Å². The predicted octanol–water partition coefficient (Wildman–Crippen LogP) is 8.74. The zero-order chi connectivity index (χ0) is 21.8. The third-order valence-electron chi connectivity index (χ3n) is 6.19. The molecule has 0 atom stereocenters. The number of hydrogen-bond acceptors (Lipinski definition) is 1. The molecular formula is C29H44O. The predicted molar refractivity (Wildman–Crippen MR) is 132 cm³/mol. The zero-order valence-electron chi connectivity index (χ0n) is 20.0. The van der Waals surface area contributed by atoms with Crippen molar-refractivity contribution in [3.05, 3.63) is 64.7 Å². The maximum atomic E-state index is 10.4. The van der Waals surface area contributed by atoms with Gasteiger partial charge in [-0.2, -0.15) is 0 Å². The normalized spacial score (nSPS) is 11.7. The molecule has 0 fully saturated rings. The third kappa shape index (κ3) is 8.94. The summed E-state index contributed by atoms with van der Waals surface area (Å²) in [6, 6.07) is 15.1. The molecule has 30 heavy (non-hydrogen) atoms. The lowest BCUT2D eigenvalue weighted by Gasteiger charge is -2.20. The lowest BCUT2D eigenvalue weighted by atomic mass is 9.86. The van der Waals surface area contributed by atoms with Crippen LogP contribution in [0.5, 0.6) is 5.75 Å². The van der Waals surface area contributed by atoms with Crippen LogP contribution in [0.3, 0.4) is 0 Å². The van der Waals surface area contributed by atoms with Crippen molar-refractivity contribution in [1.82, 2.24) is 0 Å². The molecule has 2 aromatic rings. The van der Waals surface area contributed by atoms with Crippen molar-refractivity contribution in [2.45, 2.75) is 110 Å². The first-order valence-electron chi connectivity index (χ1n) is 12.3. The molecule has 0 radical (unpaired) electrons. The molecule has 2 aromatic carbocycles. The second-order valence-corrected chi connectivity index (χ2v) is 10.0. The van der Waals surface area contributed by atoms with E-state index in [4.69, 9.17) is 0 Å². The van der Waals surface area contributed by atoms with E-state index in [1.807, 2.05) is 6.07 Å². The number of unbranched alkanes of at least 4 members (excludes halogenated alkanes) is 9. The average molecular weight is 409 g/mol. The van der Waals surface area contributed by atoms with Gasteiger partial charge in [-0.05, 0) is 46.6 Å². The van der Waals surface area contributed by atoms with Gasteiger partial charge in [0.15, 0.2) is 0 Å². The summed E-state index contributed by atoms with van der Waals surface area (Å²) in [5.41, 5.74) is 4.94. The summed E-state index contributed by atoms with van der Waals surface area (Å²) in [7, 11) is 0. The van der Waals surface area contributed by atoms with E-state index in [0.717, 1.165) is 12.0 Å². The van der Waals surface area contributed by atoms with Crippen LogP contribution < -0.4 is 0 Å². The van der Waals surface area contributed by atoms with E-state index in [-0.39, 0.29) is 5.41 Å². The molecule has 0 saturated carbocycles. The van der Waals surface area contributed by atoms with Gasteiger partial charge >= 0.3 is 0 Å². The van der Waals surface area contributed by atoms with Crippen LogP contribution in [0.1, 0.15) is 114 Å². The van der Waals surface area contributed by atoms with E-state index in [2.05, 4.69) is 64.1 Å². The Balaban J connectivity index is 1.68. The van der Waals surface area contributed by atoms with Gasteiger partial charge in [-0.3, -0.25) is 0 Å². The molecule has 0 aliphatic heterocycles. The molecule has 0 aromatic heterocycles. The van der Waals surface area contributed by atoms with Gasteiger partial charge in [0.2, 0.25) is 0 Å². The van der Waals surface area contributed by atoms with Gasteiger partial charge < -0.3 is 5.11 Å². The minimum atomic E-state index is 0.0618. The molecule has 2 rings (SSSR count). The summed E-state index contributed by atoms with van der Waals surface area (Å²) in [5, 5.41) is 10.4. The number of hydrogen-bond donors (Lipinski definition) is 1. The van der Waals surface area contributed by atoms with Crippen molar-refractivity contribution >= 4 is 0 Å². The van der Waals surface area contributed by atoms with Gasteiger partial charge in [-0.25, -0.2) is 0 Å². The Hall–Kier alpha value is -1.76. The fourth-order valence-corrected chi connectivity index (χ4v) is 4.04. The topological polar surface area (TPSA) is 20.2 Å². The molecule has 0 amide bonds. The molecule has 1 nitrogen and oxygen atoms in total. The molecule has 0 spiro atoms. The van der Waals surface area contributed by atoms with Gasteiger partial charge in [0, 0.05) is 6.42 Å². The summed E-state index contributed by atoms with van der Waals surface area (Å²) in [6.07, 6.45) is 15.9. The number of phenols is 1. The lowest BCUT2D eigenvalue weighted by Crippen LogP contribution is -2.10. The monoisotopic (exact) mass is 408 g/mol. The molecule has 0 heterocycles. The Morgan fingerprint density at radius 1 is 0.667 bits per heavy atom. The maximum absolute atomic E-state index is 10.4. The molecule has 0 bridgehead atoms. The van der Waals surface area contributed by atoms with Crippen LogP contribution in [0, 0.1) is 0 Å². The Bertz CT molecular complexity index is 721. The van der Waals surface area contributed by atoms with Crippen LogP contribution in [0.4, 0.5) is 0 Å². The smallest absolute Gasteiger partial charge is 0.119 e. The van der Waals surface area contributed by atoms with Crippen LogP contribution in [0.15, 0.2) is 42.5 Å². The van der Waals surface area contributed by atoms with E-state index in [1.54, 1.807) is 0 Å². The van der Waals surface area contributed by atoms with Gasteiger partial charge in [-0.15, -0.1) is 0 Å². The number of rotatable bonds is 13. The highest BCUT2D eigenvalue weighted by molar-refractivity contribution is 5.42. The first-order chi connectivity index (χ1) is 14.4. The first kappa shape index (κ1) is 24.5. The van der Waals surface area contributed by atoms with Crippen molar-refractivity contribution in [2.24, 2.45) is 0 Å². The molecule has 166 valence electrons. The lowest BCUT2D eigenvalue weighted by molar-refractivity contribution is 0.465. The molecule has 1 N–H and O–H groups in total. The van der Waals surface area contributed by atoms with Crippen molar-refractivity contribution in [2.75, 3.05) is 0 Å². The SMILES string of the molecule is CCCCCCCCCCCCc1ccc(Cc2ccc(C(C)(C)C)cc2O)cc1. The average Bonchev–Trinajstić information content (AvgIpc) is 2.71. The van der Waals surface area contributed by atoms with E-state index < -0.39 is 0 Å². The van der Waals surface area contributed by atoms with Crippen molar-refractivity contribution in [3.63, 3.8) is 0 Å². The maximum Gasteiger partial charge on any atom is 0.119 e. The third-order valence-corrected chi connectivity index (χ3v) is 6.19. The summed E-state index contributed by atoms with van der Waals surface area (Å²) in [5.74, 6) is 0.414. The van der Waals surface area contributed by atoms with Crippen LogP contribution in [-0.2, 0) is 18.3 Å². The summed E-state index contributed by atoms with van der Waals surface area (Å²) >= 11 is 0. The minimum Gasteiger partial charge on any atom is -0.508 e. The van der Waals surface area contributed by atoms with E-state index in [1.165, 1.54) is 87.3 Å². The van der Waals surface area contributed by atoms with E-state index in [9.17, 15) is 5.11 Å². The van der Waals surface area contributed by atoms with Gasteiger partial charge in [-0.1, -0.05) is 122 Å². The quantitative estimate of drug-likeness (QED) is 0.328. The van der Waals surface area contributed by atoms with Crippen molar-refractivity contribution in [3.8, 4) is 5.75 Å². The largest absolute Gasteiger partial charge is 0.508 e. The Morgan fingerprint density at radius 3 is 1.73 bits per heavy atom.